The van der Waals surface area contributed by atoms with Gasteiger partial charge in [0.05, 0.1) is 0 Å². The summed E-state index contributed by atoms with van der Waals surface area (Å²) in [7, 11) is 0. The Bertz CT molecular complexity index is 543. The van der Waals surface area contributed by atoms with E-state index in [2.05, 4.69) is 43.2 Å². The van der Waals surface area contributed by atoms with Gasteiger partial charge in [0.2, 0.25) is 0 Å². The van der Waals surface area contributed by atoms with Crippen molar-refractivity contribution in [3.8, 4) is 5.82 Å². The smallest absolute Gasteiger partial charge is 0.138 e. The molecule has 2 aromatic heterocycles. The van der Waals surface area contributed by atoms with Crippen LogP contribution in [-0.4, -0.2) is 21.1 Å². The number of pyridine rings is 1. The highest BCUT2D eigenvalue weighted by molar-refractivity contribution is 5.33. The number of imidazole rings is 1. The summed E-state index contributed by atoms with van der Waals surface area (Å²) in [6.45, 7) is 10.3. The first-order valence-electron chi connectivity index (χ1n) is 6.83. The fourth-order valence-corrected chi connectivity index (χ4v) is 2.00. The Morgan fingerprint density at radius 3 is 2.68 bits per heavy atom. The van der Waals surface area contributed by atoms with Gasteiger partial charge in [-0.3, -0.25) is 4.57 Å². The molecule has 4 nitrogen and oxygen atoms in total. The molecule has 0 fully saturated rings. The first-order valence-corrected chi connectivity index (χ1v) is 6.83. The minimum atomic E-state index is 0.421. The third-order valence-electron chi connectivity index (χ3n) is 3.13. The van der Waals surface area contributed by atoms with Gasteiger partial charge < -0.3 is 5.32 Å². The minimum absolute atomic E-state index is 0.421. The highest BCUT2D eigenvalue weighted by Gasteiger charge is 2.09. The van der Waals surface area contributed by atoms with Crippen LogP contribution in [0.3, 0.4) is 0 Å². The number of nitrogens with one attached hydrogen (secondary N) is 1. The molecule has 102 valence electrons. The average molecular weight is 258 g/mol. The number of nitrogens with zero attached hydrogens (tertiary/aromatic N) is 3. The molecule has 0 amide bonds. The lowest BCUT2D eigenvalue weighted by Crippen LogP contribution is -2.13. The molecule has 0 unspecified atom stereocenters. The van der Waals surface area contributed by atoms with E-state index in [0.29, 0.717) is 5.92 Å². The number of aryl methyl sites for hydroxylation is 1. The predicted octanol–water partition coefficient (Wildman–Crippen LogP) is 2.81. The molecule has 0 aliphatic heterocycles. The zero-order chi connectivity index (χ0) is 13.8. The molecule has 0 radical (unpaired) electrons. The van der Waals surface area contributed by atoms with Crippen LogP contribution in [0.1, 0.15) is 43.8 Å². The van der Waals surface area contributed by atoms with Gasteiger partial charge in [0.15, 0.2) is 0 Å². The van der Waals surface area contributed by atoms with Crippen molar-refractivity contribution in [2.24, 2.45) is 0 Å². The molecular weight excluding hydrogens is 236 g/mol. The lowest BCUT2D eigenvalue weighted by atomic mass is 10.1. The molecule has 0 aliphatic carbocycles. The Morgan fingerprint density at radius 1 is 1.32 bits per heavy atom. The van der Waals surface area contributed by atoms with E-state index in [-0.39, 0.29) is 0 Å². The summed E-state index contributed by atoms with van der Waals surface area (Å²) in [5.74, 6) is 2.33. The van der Waals surface area contributed by atoms with Crippen molar-refractivity contribution >= 4 is 0 Å². The molecule has 2 rings (SSSR count). The summed E-state index contributed by atoms with van der Waals surface area (Å²) in [5, 5.41) is 3.37. The average Bonchev–Trinajstić information content (AvgIpc) is 2.82. The second kappa shape index (κ2) is 5.97. The van der Waals surface area contributed by atoms with E-state index < -0.39 is 0 Å². The largest absolute Gasteiger partial charge is 0.313 e. The highest BCUT2D eigenvalue weighted by atomic mass is 15.1. The summed E-state index contributed by atoms with van der Waals surface area (Å²) >= 11 is 0. The van der Waals surface area contributed by atoms with E-state index in [4.69, 9.17) is 4.98 Å². The molecular formula is C15H22N4. The third-order valence-corrected chi connectivity index (χ3v) is 3.13. The van der Waals surface area contributed by atoms with Gasteiger partial charge in [0.25, 0.3) is 0 Å². The first-order chi connectivity index (χ1) is 9.11. The summed E-state index contributed by atoms with van der Waals surface area (Å²) < 4.78 is 2.03. The Balaban J connectivity index is 2.42. The normalized spacial score (nSPS) is 11.2. The second-order valence-electron chi connectivity index (χ2n) is 5.04. The molecule has 0 aromatic carbocycles. The zero-order valence-electron chi connectivity index (χ0n) is 12.1. The van der Waals surface area contributed by atoms with E-state index in [1.54, 1.807) is 0 Å². The van der Waals surface area contributed by atoms with Crippen molar-refractivity contribution in [1.29, 1.82) is 0 Å². The topological polar surface area (TPSA) is 42.7 Å². The Kier molecular flexibility index (Phi) is 4.32. The quantitative estimate of drug-likeness (QED) is 0.896. The number of hydrogen-bond donors (Lipinski definition) is 1. The van der Waals surface area contributed by atoms with Crippen LogP contribution in [0.15, 0.2) is 24.5 Å². The maximum Gasteiger partial charge on any atom is 0.138 e. The Morgan fingerprint density at radius 2 is 2.11 bits per heavy atom. The number of aromatic nitrogens is 3. The van der Waals surface area contributed by atoms with Gasteiger partial charge in [-0.2, -0.15) is 0 Å². The molecule has 1 N–H and O–H groups in total. The van der Waals surface area contributed by atoms with Gasteiger partial charge in [-0.05, 0) is 37.1 Å². The molecule has 0 aliphatic rings. The van der Waals surface area contributed by atoms with Gasteiger partial charge in [0, 0.05) is 24.6 Å². The fourth-order valence-electron chi connectivity index (χ4n) is 2.00. The summed E-state index contributed by atoms with van der Waals surface area (Å²) in [6, 6.07) is 4.31. The van der Waals surface area contributed by atoms with Gasteiger partial charge in [-0.15, -0.1) is 0 Å². The summed E-state index contributed by atoms with van der Waals surface area (Å²) in [6.07, 6.45) is 3.77. The molecule has 19 heavy (non-hydrogen) atoms. The Hall–Kier alpha value is -1.68. The van der Waals surface area contributed by atoms with Crippen molar-refractivity contribution in [1.82, 2.24) is 19.9 Å². The monoisotopic (exact) mass is 258 g/mol. The van der Waals surface area contributed by atoms with Crippen LogP contribution in [0.5, 0.6) is 0 Å². The van der Waals surface area contributed by atoms with E-state index in [9.17, 15) is 0 Å². The van der Waals surface area contributed by atoms with Crippen molar-refractivity contribution in [3.63, 3.8) is 0 Å². The fraction of sp³-hybridized carbons (Fsp3) is 0.467. The van der Waals surface area contributed by atoms with Crippen LogP contribution in [0.25, 0.3) is 5.82 Å². The molecule has 4 heteroatoms. The standard InChI is InChI=1S/C15H22N4/c1-5-16-10-13-8-14(11(2)3)18-15(9-13)19-7-6-17-12(19)4/h6-9,11,16H,5,10H2,1-4H3. The van der Waals surface area contributed by atoms with Gasteiger partial charge in [0.1, 0.15) is 11.6 Å². The van der Waals surface area contributed by atoms with E-state index in [1.165, 1.54) is 5.56 Å². The predicted molar refractivity (Wildman–Crippen MR) is 77.6 cm³/mol. The molecule has 0 saturated carbocycles. The summed E-state index contributed by atoms with van der Waals surface area (Å²) in [4.78, 5) is 9.01. The van der Waals surface area contributed by atoms with Crippen molar-refractivity contribution in [2.45, 2.75) is 40.2 Å². The highest BCUT2D eigenvalue weighted by Crippen LogP contribution is 2.18. The van der Waals surface area contributed by atoms with E-state index in [0.717, 1.165) is 30.4 Å². The zero-order valence-corrected chi connectivity index (χ0v) is 12.1. The van der Waals surface area contributed by atoms with E-state index >= 15 is 0 Å². The van der Waals surface area contributed by atoms with E-state index in [1.807, 2.05) is 23.9 Å². The maximum atomic E-state index is 4.74. The first kappa shape index (κ1) is 13.7. The van der Waals surface area contributed by atoms with Crippen LogP contribution >= 0.6 is 0 Å². The molecule has 0 saturated heterocycles. The van der Waals surface area contributed by atoms with Crippen LogP contribution in [0, 0.1) is 6.92 Å². The van der Waals surface area contributed by atoms with Crippen LogP contribution in [0.4, 0.5) is 0 Å². The van der Waals surface area contributed by atoms with Crippen LogP contribution < -0.4 is 5.32 Å². The minimum Gasteiger partial charge on any atom is -0.313 e. The third kappa shape index (κ3) is 3.20. The SMILES string of the molecule is CCNCc1cc(C(C)C)nc(-n2ccnc2C)c1. The lowest BCUT2D eigenvalue weighted by molar-refractivity contribution is 0.717. The molecule has 0 bridgehead atoms. The Labute approximate surface area is 114 Å². The molecule has 0 spiro atoms. The van der Waals surface area contributed by atoms with Crippen molar-refractivity contribution in [3.05, 3.63) is 41.6 Å². The van der Waals surface area contributed by atoms with Crippen LogP contribution in [-0.2, 0) is 6.54 Å². The molecule has 2 aromatic rings. The van der Waals surface area contributed by atoms with Crippen molar-refractivity contribution in [2.75, 3.05) is 6.54 Å². The van der Waals surface area contributed by atoms with Crippen molar-refractivity contribution < 1.29 is 0 Å². The van der Waals surface area contributed by atoms with Gasteiger partial charge in [-0.1, -0.05) is 20.8 Å². The van der Waals surface area contributed by atoms with Gasteiger partial charge in [-0.25, -0.2) is 9.97 Å². The lowest BCUT2D eigenvalue weighted by Gasteiger charge is -2.12. The molecule has 2 heterocycles. The maximum absolute atomic E-state index is 4.74. The number of rotatable bonds is 5. The number of hydrogen-bond acceptors (Lipinski definition) is 3. The summed E-state index contributed by atoms with van der Waals surface area (Å²) in [5.41, 5.74) is 2.39. The van der Waals surface area contributed by atoms with Gasteiger partial charge >= 0.3 is 0 Å². The molecule has 0 atom stereocenters. The van der Waals surface area contributed by atoms with Crippen LogP contribution in [0.2, 0.25) is 0 Å². The second-order valence-corrected chi connectivity index (χ2v) is 5.04.